The molecule has 2 aromatic carbocycles. The first-order valence-electron chi connectivity index (χ1n) is 9.59. The van der Waals surface area contributed by atoms with Gasteiger partial charge in [0.05, 0.1) is 13.2 Å². The molecule has 0 aromatic heterocycles. The van der Waals surface area contributed by atoms with Gasteiger partial charge < -0.3 is 14.2 Å². The van der Waals surface area contributed by atoms with Crippen LogP contribution in [0.25, 0.3) is 0 Å². The molecule has 4 unspecified atom stereocenters. The summed E-state index contributed by atoms with van der Waals surface area (Å²) in [5.41, 5.74) is 1.97. The minimum absolute atomic E-state index is 0.0372. The summed E-state index contributed by atoms with van der Waals surface area (Å²) in [6, 6.07) is 20.3. The van der Waals surface area contributed by atoms with Crippen molar-refractivity contribution in [3.8, 4) is 0 Å². The van der Waals surface area contributed by atoms with Crippen LogP contribution in [0.15, 0.2) is 86.0 Å². The van der Waals surface area contributed by atoms with E-state index in [1.54, 1.807) is 0 Å². The van der Waals surface area contributed by atoms with Gasteiger partial charge in [-0.1, -0.05) is 72.8 Å². The predicted octanol–water partition coefficient (Wildman–Crippen LogP) is 5.15. The summed E-state index contributed by atoms with van der Waals surface area (Å²) in [6.45, 7) is 9.34. The standard InChI is InChI=1S/C24H26O3/c1-3-19-15-17-25-23(19,21-11-7-5-8-12-21)27-24(20(4-2)16-18-26-24)22-13-9-6-10-14-22/h3-14,19-20H,1-2,15-18H2. The van der Waals surface area contributed by atoms with E-state index in [0.717, 1.165) is 24.0 Å². The van der Waals surface area contributed by atoms with Crippen molar-refractivity contribution in [2.24, 2.45) is 11.8 Å². The van der Waals surface area contributed by atoms with Crippen LogP contribution >= 0.6 is 0 Å². The second-order valence-corrected chi connectivity index (χ2v) is 7.13. The molecule has 3 heteroatoms. The largest absolute Gasteiger partial charge is 0.345 e. The third kappa shape index (κ3) is 2.96. The van der Waals surface area contributed by atoms with E-state index in [2.05, 4.69) is 37.4 Å². The van der Waals surface area contributed by atoms with Crippen molar-refractivity contribution in [2.45, 2.75) is 24.4 Å². The molecule has 27 heavy (non-hydrogen) atoms. The molecule has 3 nitrogen and oxygen atoms in total. The lowest BCUT2D eigenvalue weighted by molar-refractivity contribution is -0.367. The molecule has 0 saturated carbocycles. The maximum Gasteiger partial charge on any atom is 0.204 e. The molecular weight excluding hydrogens is 336 g/mol. The molecule has 2 fully saturated rings. The molecule has 4 rings (SSSR count). The normalized spacial score (nSPS) is 33.0. The molecule has 4 atom stereocenters. The third-order valence-electron chi connectivity index (χ3n) is 5.69. The SMILES string of the molecule is C=CC1CCOC1(OC1(c2ccccc2)OCCC1C=C)c1ccccc1. The van der Waals surface area contributed by atoms with Crippen molar-refractivity contribution in [2.75, 3.05) is 13.2 Å². The van der Waals surface area contributed by atoms with Gasteiger partial charge in [0, 0.05) is 23.0 Å². The Hall–Kier alpha value is -2.20. The molecule has 0 radical (unpaired) electrons. The lowest BCUT2D eigenvalue weighted by Gasteiger charge is -2.43. The minimum atomic E-state index is -0.926. The second kappa shape index (κ2) is 7.43. The Labute approximate surface area is 161 Å². The molecule has 2 saturated heterocycles. The van der Waals surface area contributed by atoms with E-state index in [1.165, 1.54) is 0 Å². The van der Waals surface area contributed by atoms with E-state index in [4.69, 9.17) is 14.2 Å². The van der Waals surface area contributed by atoms with Crippen LogP contribution < -0.4 is 0 Å². The number of hydrogen-bond acceptors (Lipinski definition) is 3. The molecule has 140 valence electrons. The fourth-order valence-corrected chi connectivity index (χ4v) is 4.30. The first-order valence-corrected chi connectivity index (χ1v) is 9.59. The molecule has 2 aromatic rings. The topological polar surface area (TPSA) is 27.7 Å². The fraction of sp³-hybridized carbons (Fsp3) is 0.333. The molecule has 2 aliphatic heterocycles. The Kier molecular flexibility index (Phi) is 5.00. The highest BCUT2D eigenvalue weighted by atomic mass is 16.8. The van der Waals surface area contributed by atoms with Gasteiger partial charge in [-0.3, -0.25) is 0 Å². The Bertz CT molecular complexity index is 720. The lowest BCUT2D eigenvalue weighted by atomic mass is 9.87. The van der Waals surface area contributed by atoms with Gasteiger partial charge in [0.15, 0.2) is 0 Å². The average molecular weight is 362 g/mol. The first kappa shape index (κ1) is 18.2. The summed E-state index contributed by atoms with van der Waals surface area (Å²) in [7, 11) is 0. The van der Waals surface area contributed by atoms with Gasteiger partial charge >= 0.3 is 0 Å². The van der Waals surface area contributed by atoms with Crippen LogP contribution in [0.4, 0.5) is 0 Å². The zero-order chi connectivity index (χ0) is 18.7. The van der Waals surface area contributed by atoms with Crippen LogP contribution in [0.5, 0.6) is 0 Å². The van der Waals surface area contributed by atoms with Crippen molar-refractivity contribution >= 4 is 0 Å². The molecule has 2 aliphatic rings. The summed E-state index contributed by atoms with van der Waals surface area (Å²) in [5.74, 6) is -1.78. The summed E-state index contributed by atoms with van der Waals surface area (Å²) in [4.78, 5) is 0. The van der Waals surface area contributed by atoms with Crippen molar-refractivity contribution in [1.82, 2.24) is 0 Å². The first-order chi connectivity index (χ1) is 13.2. The summed E-state index contributed by atoms with van der Waals surface area (Å²) in [5, 5.41) is 0. The van der Waals surface area contributed by atoms with Gasteiger partial charge in [-0.15, -0.1) is 13.2 Å². The van der Waals surface area contributed by atoms with E-state index in [1.807, 2.05) is 48.6 Å². The summed E-state index contributed by atoms with van der Waals surface area (Å²) >= 11 is 0. The van der Waals surface area contributed by atoms with Gasteiger partial charge in [0.25, 0.3) is 0 Å². The van der Waals surface area contributed by atoms with E-state index in [-0.39, 0.29) is 11.8 Å². The number of rotatable bonds is 6. The Balaban J connectivity index is 1.85. The zero-order valence-corrected chi connectivity index (χ0v) is 15.6. The maximum atomic E-state index is 6.94. The number of hydrogen-bond donors (Lipinski definition) is 0. The van der Waals surface area contributed by atoms with Gasteiger partial charge in [-0.2, -0.15) is 0 Å². The minimum Gasteiger partial charge on any atom is -0.345 e. The molecule has 0 amide bonds. The van der Waals surface area contributed by atoms with Gasteiger partial charge in [-0.05, 0) is 12.8 Å². The van der Waals surface area contributed by atoms with Gasteiger partial charge in [0.1, 0.15) is 0 Å². The predicted molar refractivity (Wildman–Crippen MR) is 106 cm³/mol. The monoisotopic (exact) mass is 362 g/mol. The second-order valence-electron chi connectivity index (χ2n) is 7.13. The number of ether oxygens (including phenoxy) is 3. The van der Waals surface area contributed by atoms with Crippen molar-refractivity contribution in [3.05, 3.63) is 97.1 Å². The van der Waals surface area contributed by atoms with E-state index < -0.39 is 11.6 Å². The van der Waals surface area contributed by atoms with Crippen LogP contribution in [-0.2, 0) is 25.8 Å². The lowest BCUT2D eigenvalue weighted by Crippen LogP contribution is -2.46. The van der Waals surface area contributed by atoms with Crippen molar-refractivity contribution in [3.63, 3.8) is 0 Å². The summed E-state index contributed by atoms with van der Waals surface area (Å²) in [6.07, 6.45) is 5.61. The van der Waals surface area contributed by atoms with Gasteiger partial charge in [0.2, 0.25) is 11.6 Å². The molecule has 0 bridgehead atoms. The third-order valence-corrected chi connectivity index (χ3v) is 5.69. The molecular formula is C24H26O3. The highest BCUT2D eigenvalue weighted by Gasteiger charge is 2.56. The molecule has 0 N–H and O–H groups in total. The van der Waals surface area contributed by atoms with Crippen LogP contribution in [0.1, 0.15) is 24.0 Å². The van der Waals surface area contributed by atoms with Crippen LogP contribution in [0.2, 0.25) is 0 Å². The highest BCUT2D eigenvalue weighted by molar-refractivity contribution is 5.28. The molecule has 0 spiro atoms. The number of benzene rings is 2. The summed E-state index contributed by atoms with van der Waals surface area (Å²) < 4.78 is 19.6. The Morgan fingerprint density at radius 3 is 1.52 bits per heavy atom. The maximum absolute atomic E-state index is 6.94. The zero-order valence-electron chi connectivity index (χ0n) is 15.6. The molecule has 2 heterocycles. The average Bonchev–Trinajstić information content (AvgIpc) is 3.34. The Morgan fingerprint density at radius 2 is 1.15 bits per heavy atom. The van der Waals surface area contributed by atoms with E-state index in [0.29, 0.717) is 13.2 Å². The fourth-order valence-electron chi connectivity index (χ4n) is 4.30. The van der Waals surface area contributed by atoms with E-state index in [9.17, 15) is 0 Å². The highest BCUT2D eigenvalue weighted by Crippen LogP contribution is 2.52. The van der Waals surface area contributed by atoms with Crippen LogP contribution in [-0.4, -0.2) is 13.2 Å². The smallest absolute Gasteiger partial charge is 0.204 e. The van der Waals surface area contributed by atoms with Crippen LogP contribution in [0.3, 0.4) is 0 Å². The van der Waals surface area contributed by atoms with Gasteiger partial charge in [-0.25, -0.2) is 0 Å². The quantitative estimate of drug-likeness (QED) is 0.665. The molecule has 0 aliphatic carbocycles. The van der Waals surface area contributed by atoms with E-state index >= 15 is 0 Å². The van der Waals surface area contributed by atoms with Crippen molar-refractivity contribution in [1.29, 1.82) is 0 Å². The Morgan fingerprint density at radius 1 is 0.741 bits per heavy atom. The van der Waals surface area contributed by atoms with Crippen molar-refractivity contribution < 1.29 is 14.2 Å². The van der Waals surface area contributed by atoms with Crippen LogP contribution in [0, 0.1) is 11.8 Å².